The first-order valence-corrected chi connectivity index (χ1v) is 8.29. The second kappa shape index (κ2) is 5.66. The molecule has 0 amide bonds. The SMILES string of the molecule is O=S(=O)(NCc1ccc(Cl)s1)c1cncc(Br)c1. The van der Waals surface area contributed by atoms with Gasteiger partial charge in [-0.25, -0.2) is 13.1 Å². The van der Waals surface area contributed by atoms with Crippen molar-refractivity contribution in [3.63, 3.8) is 0 Å². The molecule has 0 aromatic carbocycles. The number of hydrogen-bond acceptors (Lipinski definition) is 4. The molecule has 0 aliphatic heterocycles. The van der Waals surface area contributed by atoms with Gasteiger partial charge >= 0.3 is 0 Å². The Bertz CT molecular complexity index is 657. The maximum atomic E-state index is 12.0. The molecule has 0 saturated carbocycles. The maximum absolute atomic E-state index is 12.0. The minimum absolute atomic E-state index is 0.125. The van der Waals surface area contributed by atoms with Crippen LogP contribution in [-0.2, 0) is 16.6 Å². The maximum Gasteiger partial charge on any atom is 0.242 e. The third-order valence-electron chi connectivity index (χ3n) is 2.06. The Hall–Kier alpha value is -0.470. The topological polar surface area (TPSA) is 59.1 Å². The number of nitrogens with zero attached hydrogens (tertiary/aromatic N) is 1. The zero-order valence-corrected chi connectivity index (χ0v) is 12.9. The summed E-state index contributed by atoms with van der Waals surface area (Å²) >= 11 is 10.3. The van der Waals surface area contributed by atoms with Gasteiger partial charge in [-0.2, -0.15) is 0 Å². The van der Waals surface area contributed by atoms with Crippen LogP contribution in [0, 0.1) is 0 Å². The molecule has 2 rings (SSSR count). The average Bonchev–Trinajstić information content (AvgIpc) is 2.73. The van der Waals surface area contributed by atoms with Crippen LogP contribution >= 0.6 is 38.9 Å². The molecule has 1 N–H and O–H groups in total. The van der Waals surface area contributed by atoms with E-state index in [0.717, 1.165) is 4.88 Å². The van der Waals surface area contributed by atoms with Gasteiger partial charge in [0.15, 0.2) is 0 Å². The third kappa shape index (κ3) is 3.52. The van der Waals surface area contributed by atoms with Gasteiger partial charge in [-0.3, -0.25) is 4.98 Å². The largest absolute Gasteiger partial charge is 0.262 e. The van der Waals surface area contributed by atoms with E-state index in [2.05, 4.69) is 25.6 Å². The molecule has 0 aliphatic rings. The number of nitrogens with one attached hydrogen (secondary N) is 1. The van der Waals surface area contributed by atoms with Crippen LogP contribution in [-0.4, -0.2) is 13.4 Å². The fourth-order valence-corrected chi connectivity index (χ4v) is 3.86. The van der Waals surface area contributed by atoms with Gasteiger partial charge in [-0.15, -0.1) is 11.3 Å². The molecule has 2 aromatic heterocycles. The number of rotatable bonds is 4. The van der Waals surface area contributed by atoms with Crippen molar-refractivity contribution >= 4 is 48.9 Å². The molecule has 18 heavy (non-hydrogen) atoms. The van der Waals surface area contributed by atoms with Crippen molar-refractivity contribution in [2.24, 2.45) is 0 Å². The predicted octanol–water partition coefficient (Wildman–Crippen LogP) is 3.04. The second-order valence-electron chi connectivity index (χ2n) is 3.37. The molecular formula is C10H8BrClN2O2S2. The molecule has 0 spiro atoms. The van der Waals surface area contributed by atoms with Crippen LogP contribution < -0.4 is 4.72 Å². The van der Waals surface area contributed by atoms with Crippen molar-refractivity contribution in [2.75, 3.05) is 0 Å². The van der Waals surface area contributed by atoms with E-state index < -0.39 is 10.0 Å². The number of aromatic nitrogens is 1. The van der Waals surface area contributed by atoms with Crippen LogP contribution in [0.25, 0.3) is 0 Å². The molecular weight excluding hydrogens is 360 g/mol. The van der Waals surface area contributed by atoms with Crippen molar-refractivity contribution in [2.45, 2.75) is 11.4 Å². The number of halogens is 2. The highest BCUT2D eigenvalue weighted by Crippen LogP contribution is 2.22. The molecule has 0 bridgehead atoms. The number of hydrogen-bond donors (Lipinski definition) is 1. The Labute approximate surface area is 122 Å². The van der Waals surface area contributed by atoms with Crippen molar-refractivity contribution in [1.29, 1.82) is 0 Å². The lowest BCUT2D eigenvalue weighted by Crippen LogP contribution is -2.22. The highest BCUT2D eigenvalue weighted by atomic mass is 79.9. The van der Waals surface area contributed by atoms with Crippen LogP contribution in [0.5, 0.6) is 0 Å². The van der Waals surface area contributed by atoms with Crippen LogP contribution in [0.2, 0.25) is 4.34 Å². The lowest BCUT2D eigenvalue weighted by molar-refractivity contribution is 0.581. The molecule has 0 unspecified atom stereocenters. The van der Waals surface area contributed by atoms with Crippen LogP contribution in [0.3, 0.4) is 0 Å². The zero-order valence-electron chi connectivity index (χ0n) is 8.93. The van der Waals surface area contributed by atoms with Crippen molar-refractivity contribution in [3.05, 3.63) is 44.3 Å². The van der Waals surface area contributed by atoms with Gasteiger partial charge in [0, 0.05) is 28.3 Å². The molecule has 0 atom stereocenters. The standard InChI is InChI=1S/C10H8BrClN2O2S2/c11-7-3-9(6-13-4-7)18(15,16)14-5-8-1-2-10(12)17-8/h1-4,6,14H,5H2. The fourth-order valence-electron chi connectivity index (χ4n) is 1.24. The van der Waals surface area contributed by atoms with Crippen LogP contribution in [0.1, 0.15) is 4.88 Å². The summed E-state index contributed by atoms with van der Waals surface area (Å²) in [4.78, 5) is 4.80. The first-order valence-electron chi connectivity index (χ1n) is 4.82. The number of pyridine rings is 1. The van der Waals surface area contributed by atoms with Gasteiger partial charge < -0.3 is 0 Å². The van der Waals surface area contributed by atoms with Crippen LogP contribution in [0.4, 0.5) is 0 Å². The van der Waals surface area contributed by atoms with Gasteiger partial charge in [0.1, 0.15) is 4.90 Å². The minimum Gasteiger partial charge on any atom is -0.262 e. The van der Waals surface area contributed by atoms with E-state index >= 15 is 0 Å². The molecule has 0 fully saturated rings. The lowest BCUT2D eigenvalue weighted by Gasteiger charge is -2.05. The Morgan fingerprint density at radius 3 is 2.78 bits per heavy atom. The van der Waals surface area contributed by atoms with Gasteiger partial charge in [-0.1, -0.05) is 11.6 Å². The van der Waals surface area contributed by atoms with E-state index in [1.807, 2.05) is 0 Å². The normalized spacial score (nSPS) is 11.7. The molecule has 2 aromatic rings. The predicted molar refractivity (Wildman–Crippen MR) is 75.3 cm³/mol. The highest BCUT2D eigenvalue weighted by Gasteiger charge is 2.14. The van der Waals surface area contributed by atoms with Gasteiger partial charge in [-0.05, 0) is 34.1 Å². The monoisotopic (exact) mass is 366 g/mol. The summed E-state index contributed by atoms with van der Waals surface area (Å²) in [6.45, 7) is 0.215. The molecule has 4 nitrogen and oxygen atoms in total. The summed E-state index contributed by atoms with van der Waals surface area (Å²) in [5.41, 5.74) is 0. The summed E-state index contributed by atoms with van der Waals surface area (Å²) in [5, 5.41) is 0. The smallest absolute Gasteiger partial charge is 0.242 e. The molecule has 0 saturated heterocycles. The van der Waals surface area contributed by atoms with Gasteiger partial charge in [0.2, 0.25) is 10.0 Å². The molecule has 2 heterocycles. The number of thiophene rings is 1. The molecule has 0 radical (unpaired) electrons. The summed E-state index contributed by atoms with van der Waals surface area (Å²) in [7, 11) is -3.55. The lowest BCUT2D eigenvalue weighted by atomic mass is 10.5. The van der Waals surface area contributed by atoms with Crippen LogP contribution in [0.15, 0.2) is 40.0 Å². The van der Waals surface area contributed by atoms with E-state index in [1.54, 1.807) is 12.1 Å². The van der Waals surface area contributed by atoms with Gasteiger partial charge in [0.25, 0.3) is 0 Å². The summed E-state index contributed by atoms with van der Waals surface area (Å²) < 4.78 is 27.7. The van der Waals surface area contributed by atoms with Crippen molar-refractivity contribution in [1.82, 2.24) is 9.71 Å². The third-order valence-corrected chi connectivity index (χ3v) is 5.09. The van der Waals surface area contributed by atoms with Gasteiger partial charge in [0.05, 0.1) is 4.34 Å². The van der Waals surface area contributed by atoms with E-state index in [0.29, 0.717) is 8.81 Å². The summed E-state index contributed by atoms with van der Waals surface area (Å²) in [6, 6.07) is 5.02. The Morgan fingerprint density at radius 2 is 2.17 bits per heavy atom. The Morgan fingerprint density at radius 1 is 1.39 bits per heavy atom. The first kappa shape index (κ1) is 14.0. The highest BCUT2D eigenvalue weighted by molar-refractivity contribution is 9.10. The first-order chi connectivity index (χ1) is 8.47. The second-order valence-corrected chi connectivity index (χ2v) is 7.85. The van der Waals surface area contributed by atoms with E-state index in [-0.39, 0.29) is 11.4 Å². The quantitative estimate of drug-likeness (QED) is 0.903. The van der Waals surface area contributed by atoms with E-state index in [1.165, 1.54) is 29.8 Å². The Kier molecular flexibility index (Phi) is 4.39. The minimum atomic E-state index is -3.55. The van der Waals surface area contributed by atoms with E-state index in [4.69, 9.17) is 11.6 Å². The Balaban J connectivity index is 2.13. The van der Waals surface area contributed by atoms with Crippen molar-refractivity contribution < 1.29 is 8.42 Å². The number of sulfonamides is 1. The molecule has 8 heteroatoms. The summed E-state index contributed by atoms with van der Waals surface area (Å²) in [5.74, 6) is 0. The molecule has 0 aliphatic carbocycles. The average molecular weight is 368 g/mol. The van der Waals surface area contributed by atoms with E-state index in [9.17, 15) is 8.42 Å². The molecule has 96 valence electrons. The zero-order chi connectivity index (χ0) is 13.2. The fraction of sp³-hybridized carbons (Fsp3) is 0.100. The summed E-state index contributed by atoms with van der Waals surface area (Å²) in [6.07, 6.45) is 2.83. The van der Waals surface area contributed by atoms with Crippen molar-refractivity contribution in [3.8, 4) is 0 Å².